The van der Waals surface area contributed by atoms with Gasteiger partial charge in [0.1, 0.15) is 11.1 Å². The Morgan fingerprint density at radius 1 is 1.18 bits per heavy atom. The van der Waals surface area contributed by atoms with E-state index in [4.69, 9.17) is 4.74 Å². The second-order valence-corrected chi connectivity index (χ2v) is 6.44. The van der Waals surface area contributed by atoms with E-state index >= 15 is 0 Å². The van der Waals surface area contributed by atoms with Crippen LogP contribution in [0.3, 0.4) is 0 Å². The Kier molecular flexibility index (Phi) is 4.59. The predicted octanol–water partition coefficient (Wildman–Crippen LogP) is 3.03. The number of carbonyl (C=O) groups excluding carboxylic acids is 1. The fourth-order valence-corrected chi connectivity index (χ4v) is 2.49. The molecule has 1 fully saturated rings. The highest BCUT2D eigenvalue weighted by atomic mass is 16.6. The van der Waals surface area contributed by atoms with E-state index in [1.54, 1.807) is 0 Å². The van der Waals surface area contributed by atoms with Gasteiger partial charge in [0.2, 0.25) is 0 Å². The molecule has 0 radical (unpaired) electrons. The zero-order valence-corrected chi connectivity index (χ0v) is 11.9. The van der Waals surface area contributed by atoms with Gasteiger partial charge in [-0.25, -0.2) is 0 Å². The van der Waals surface area contributed by atoms with E-state index in [-0.39, 0.29) is 5.97 Å². The lowest BCUT2D eigenvalue weighted by Gasteiger charge is -2.39. The Labute approximate surface area is 105 Å². The van der Waals surface area contributed by atoms with Gasteiger partial charge >= 0.3 is 5.97 Å². The molecule has 100 valence electrons. The highest BCUT2D eigenvalue weighted by Gasteiger charge is 2.42. The molecule has 1 rings (SSSR count). The van der Waals surface area contributed by atoms with E-state index in [1.165, 1.54) is 6.42 Å². The molecule has 0 aromatic carbocycles. The maximum Gasteiger partial charge on any atom is 0.326 e. The lowest BCUT2D eigenvalue weighted by atomic mass is 9.81. The van der Waals surface area contributed by atoms with Crippen LogP contribution in [0.1, 0.15) is 66.7 Å². The van der Waals surface area contributed by atoms with Crippen LogP contribution in [0.5, 0.6) is 0 Å². The first-order valence-corrected chi connectivity index (χ1v) is 6.76. The van der Waals surface area contributed by atoms with Crippen molar-refractivity contribution in [1.29, 1.82) is 0 Å². The van der Waals surface area contributed by atoms with Crippen molar-refractivity contribution >= 4 is 5.97 Å². The molecule has 1 N–H and O–H groups in total. The van der Waals surface area contributed by atoms with Crippen molar-refractivity contribution in [3.63, 3.8) is 0 Å². The van der Waals surface area contributed by atoms with Crippen LogP contribution in [0, 0.1) is 0 Å². The van der Waals surface area contributed by atoms with E-state index in [2.05, 4.69) is 19.2 Å². The largest absolute Gasteiger partial charge is 0.459 e. The smallest absolute Gasteiger partial charge is 0.326 e. The quantitative estimate of drug-likeness (QED) is 0.772. The van der Waals surface area contributed by atoms with Gasteiger partial charge in [-0.3, -0.25) is 10.1 Å². The van der Waals surface area contributed by atoms with Gasteiger partial charge in [0.15, 0.2) is 0 Å². The molecule has 0 spiro atoms. The Bertz CT molecular complexity index is 260. The summed E-state index contributed by atoms with van der Waals surface area (Å²) in [6.45, 7) is 9.95. The zero-order chi connectivity index (χ0) is 13.1. The van der Waals surface area contributed by atoms with E-state index in [1.807, 2.05) is 20.8 Å². The number of ether oxygens (including phenoxy) is 1. The molecule has 0 saturated heterocycles. The standard InChI is InChI=1S/C14H27NO2/c1-11(2)15-14(9-7-6-8-10-14)12(16)17-13(3,4)5/h11,15H,6-10H2,1-5H3. The summed E-state index contributed by atoms with van der Waals surface area (Å²) < 4.78 is 5.58. The average Bonchev–Trinajstić information content (AvgIpc) is 2.15. The van der Waals surface area contributed by atoms with Gasteiger partial charge in [-0.15, -0.1) is 0 Å². The molecule has 0 aromatic rings. The molecule has 0 bridgehead atoms. The Morgan fingerprint density at radius 3 is 2.12 bits per heavy atom. The lowest BCUT2D eigenvalue weighted by molar-refractivity contribution is -0.165. The third-order valence-electron chi connectivity index (χ3n) is 3.06. The van der Waals surface area contributed by atoms with Crippen LogP contribution < -0.4 is 5.32 Å². The van der Waals surface area contributed by atoms with Crippen molar-refractivity contribution < 1.29 is 9.53 Å². The summed E-state index contributed by atoms with van der Waals surface area (Å²) in [6, 6.07) is 0.306. The maximum atomic E-state index is 12.4. The van der Waals surface area contributed by atoms with Gasteiger partial charge in [-0.1, -0.05) is 19.3 Å². The molecule has 0 unspecified atom stereocenters. The normalized spacial score (nSPS) is 20.4. The van der Waals surface area contributed by atoms with E-state index < -0.39 is 11.1 Å². The van der Waals surface area contributed by atoms with Gasteiger partial charge in [0, 0.05) is 6.04 Å². The van der Waals surface area contributed by atoms with E-state index in [0.717, 1.165) is 25.7 Å². The molecule has 0 aromatic heterocycles. The highest BCUT2D eigenvalue weighted by molar-refractivity contribution is 5.81. The lowest BCUT2D eigenvalue weighted by Crippen LogP contribution is -2.57. The van der Waals surface area contributed by atoms with Crippen molar-refractivity contribution in [1.82, 2.24) is 5.32 Å². The van der Waals surface area contributed by atoms with Crippen LogP contribution in [0.2, 0.25) is 0 Å². The molecular weight excluding hydrogens is 214 g/mol. The Balaban J connectivity index is 2.78. The maximum absolute atomic E-state index is 12.4. The zero-order valence-electron chi connectivity index (χ0n) is 11.9. The fourth-order valence-electron chi connectivity index (χ4n) is 2.49. The van der Waals surface area contributed by atoms with Gasteiger partial charge in [0.05, 0.1) is 0 Å². The average molecular weight is 241 g/mol. The molecule has 1 saturated carbocycles. The van der Waals surface area contributed by atoms with Crippen molar-refractivity contribution in [2.45, 2.75) is 83.9 Å². The first-order valence-electron chi connectivity index (χ1n) is 6.76. The molecule has 1 aliphatic rings. The fraction of sp³-hybridized carbons (Fsp3) is 0.929. The summed E-state index contributed by atoms with van der Waals surface area (Å²) in [5.41, 5.74) is -0.847. The van der Waals surface area contributed by atoms with Crippen LogP contribution in [-0.4, -0.2) is 23.2 Å². The second-order valence-electron chi connectivity index (χ2n) is 6.44. The first kappa shape index (κ1) is 14.5. The minimum atomic E-state index is -0.445. The van der Waals surface area contributed by atoms with Gasteiger partial charge in [0.25, 0.3) is 0 Å². The predicted molar refractivity (Wildman–Crippen MR) is 69.9 cm³/mol. The molecule has 1 aliphatic carbocycles. The first-order chi connectivity index (χ1) is 7.75. The summed E-state index contributed by atoms with van der Waals surface area (Å²) in [5.74, 6) is -0.0709. The SMILES string of the molecule is CC(C)NC1(C(=O)OC(C)(C)C)CCCCC1. The van der Waals surface area contributed by atoms with Crippen molar-refractivity contribution in [2.24, 2.45) is 0 Å². The van der Waals surface area contributed by atoms with Crippen LogP contribution >= 0.6 is 0 Å². The highest BCUT2D eigenvalue weighted by Crippen LogP contribution is 2.31. The molecule has 17 heavy (non-hydrogen) atoms. The van der Waals surface area contributed by atoms with E-state index in [9.17, 15) is 4.79 Å². The molecule has 3 nitrogen and oxygen atoms in total. The molecular formula is C14H27NO2. The van der Waals surface area contributed by atoms with Gasteiger partial charge < -0.3 is 4.74 Å². The number of esters is 1. The molecule has 0 atom stereocenters. The van der Waals surface area contributed by atoms with Crippen LogP contribution in [0.25, 0.3) is 0 Å². The van der Waals surface area contributed by atoms with Gasteiger partial charge in [-0.05, 0) is 47.5 Å². The Morgan fingerprint density at radius 2 is 1.71 bits per heavy atom. The molecule has 3 heteroatoms. The number of carbonyl (C=O) groups is 1. The second kappa shape index (κ2) is 5.38. The summed E-state index contributed by atoms with van der Waals surface area (Å²) in [7, 11) is 0. The van der Waals surface area contributed by atoms with Crippen LogP contribution in [0.4, 0.5) is 0 Å². The monoisotopic (exact) mass is 241 g/mol. The topological polar surface area (TPSA) is 38.3 Å². The number of rotatable bonds is 3. The van der Waals surface area contributed by atoms with Crippen molar-refractivity contribution in [2.75, 3.05) is 0 Å². The van der Waals surface area contributed by atoms with E-state index in [0.29, 0.717) is 6.04 Å². The molecule has 0 amide bonds. The van der Waals surface area contributed by atoms with Gasteiger partial charge in [-0.2, -0.15) is 0 Å². The molecule has 0 heterocycles. The summed E-state index contributed by atoms with van der Waals surface area (Å²) in [4.78, 5) is 12.4. The summed E-state index contributed by atoms with van der Waals surface area (Å²) in [6.07, 6.45) is 5.25. The minimum absolute atomic E-state index is 0.0709. The minimum Gasteiger partial charge on any atom is -0.459 e. The van der Waals surface area contributed by atoms with Crippen molar-refractivity contribution in [3.8, 4) is 0 Å². The molecule has 0 aliphatic heterocycles. The third-order valence-corrected chi connectivity index (χ3v) is 3.06. The van der Waals surface area contributed by atoms with Crippen molar-refractivity contribution in [3.05, 3.63) is 0 Å². The van der Waals surface area contributed by atoms with Crippen LogP contribution in [0.15, 0.2) is 0 Å². The number of nitrogens with one attached hydrogen (secondary N) is 1. The number of hydrogen-bond donors (Lipinski definition) is 1. The number of hydrogen-bond acceptors (Lipinski definition) is 3. The third kappa shape index (κ3) is 4.30. The van der Waals surface area contributed by atoms with Crippen LogP contribution in [-0.2, 0) is 9.53 Å². The summed E-state index contributed by atoms with van der Waals surface area (Å²) in [5, 5.41) is 3.44. The Hall–Kier alpha value is -0.570. The summed E-state index contributed by atoms with van der Waals surface area (Å²) >= 11 is 0.